The van der Waals surface area contributed by atoms with E-state index in [0.717, 1.165) is 4.57 Å². The maximum absolute atomic E-state index is 13.4. The van der Waals surface area contributed by atoms with Crippen molar-refractivity contribution in [1.29, 1.82) is 0 Å². The monoisotopic (exact) mass is 429 g/mol. The van der Waals surface area contributed by atoms with E-state index >= 15 is 0 Å². The van der Waals surface area contributed by atoms with E-state index in [1.165, 1.54) is 28.8 Å². The molecular weight excluding hydrogens is 413 g/mol. The molecule has 0 unspecified atom stereocenters. The minimum absolute atomic E-state index is 0.0239. The van der Waals surface area contributed by atoms with E-state index in [0.29, 0.717) is 22.3 Å². The molecule has 8 heteroatoms. The summed E-state index contributed by atoms with van der Waals surface area (Å²) in [6.45, 7) is -0.372. The van der Waals surface area contributed by atoms with Crippen molar-refractivity contribution in [1.82, 2.24) is 9.13 Å². The molecular formula is C24H16FN3O4. The lowest BCUT2D eigenvalue weighted by Gasteiger charge is -2.12. The van der Waals surface area contributed by atoms with Crippen molar-refractivity contribution < 1.29 is 13.6 Å². The van der Waals surface area contributed by atoms with Gasteiger partial charge in [0.1, 0.15) is 23.5 Å². The Morgan fingerprint density at radius 3 is 2.34 bits per heavy atom. The van der Waals surface area contributed by atoms with Gasteiger partial charge in [-0.05, 0) is 48.5 Å². The standard InChI is InChI=1S/C24H16FN3O4/c25-15-10-12-16(13-11-15)26-20(29)14-27-21-18-8-4-5-9-19(18)32-22(21)23(30)28(24(27)31)17-6-2-1-3-7-17/h1-13H,14H2,(H,26,29). The number of rotatable bonds is 4. The van der Waals surface area contributed by atoms with E-state index < -0.39 is 23.0 Å². The van der Waals surface area contributed by atoms with Gasteiger partial charge in [0.05, 0.1) is 5.69 Å². The summed E-state index contributed by atoms with van der Waals surface area (Å²) in [5.74, 6) is -0.940. The highest BCUT2D eigenvalue weighted by Crippen LogP contribution is 2.26. The first kappa shape index (κ1) is 19.5. The number of fused-ring (bicyclic) bond motifs is 3. The molecule has 0 aliphatic heterocycles. The molecule has 158 valence electrons. The quantitative estimate of drug-likeness (QED) is 0.472. The largest absolute Gasteiger partial charge is 0.449 e. The number of nitrogens with one attached hydrogen (secondary N) is 1. The Labute approximate surface area is 179 Å². The van der Waals surface area contributed by atoms with Gasteiger partial charge in [-0.2, -0.15) is 0 Å². The number of hydrogen-bond acceptors (Lipinski definition) is 4. The van der Waals surface area contributed by atoms with Crippen LogP contribution in [0.4, 0.5) is 10.1 Å². The molecule has 1 amide bonds. The summed E-state index contributed by atoms with van der Waals surface area (Å²) in [6.07, 6.45) is 0. The van der Waals surface area contributed by atoms with E-state index in [1.807, 2.05) is 0 Å². The molecule has 1 N–H and O–H groups in total. The van der Waals surface area contributed by atoms with Gasteiger partial charge in [0.2, 0.25) is 11.5 Å². The van der Waals surface area contributed by atoms with Gasteiger partial charge in [0, 0.05) is 11.1 Å². The van der Waals surface area contributed by atoms with Crippen molar-refractivity contribution >= 4 is 33.7 Å². The number of hydrogen-bond donors (Lipinski definition) is 1. The fraction of sp³-hybridized carbons (Fsp3) is 0.0417. The first-order valence-corrected chi connectivity index (χ1v) is 9.81. The molecule has 0 atom stereocenters. The van der Waals surface area contributed by atoms with Crippen molar-refractivity contribution in [3.63, 3.8) is 0 Å². The summed E-state index contributed by atoms with van der Waals surface area (Å²) in [7, 11) is 0. The molecule has 0 saturated carbocycles. The topological polar surface area (TPSA) is 86.2 Å². The van der Waals surface area contributed by atoms with Gasteiger partial charge in [0.25, 0.3) is 0 Å². The van der Waals surface area contributed by atoms with Crippen LogP contribution in [0, 0.1) is 5.82 Å². The van der Waals surface area contributed by atoms with Crippen LogP contribution in [0.5, 0.6) is 0 Å². The van der Waals surface area contributed by atoms with E-state index in [1.54, 1.807) is 54.6 Å². The van der Waals surface area contributed by atoms with Crippen LogP contribution in [-0.4, -0.2) is 15.0 Å². The predicted molar refractivity (Wildman–Crippen MR) is 119 cm³/mol. The third kappa shape index (κ3) is 3.27. The summed E-state index contributed by atoms with van der Waals surface area (Å²) in [5, 5.41) is 3.19. The molecule has 7 nitrogen and oxygen atoms in total. The van der Waals surface area contributed by atoms with Crippen molar-refractivity contribution in [2.24, 2.45) is 0 Å². The van der Waals surface area contributed by atoms with Gasteiger partial charge >= 0.3 is 11.2 Å². The lowest BCUT2D eigenvalue weighted by Crippen LogP contribution is -2.40. The zero-order valence-electron chi connectivity index (χ0n) is 16.6. The number of amides is 1. The summed E-state index contributed by atoms with van der Waals surface area (Å²) in [5.41, 5.74) is 0.113. The van der Waals surface area contributed by atoms with Crippen LogP contribution >= 0.6 is 0 Å². The molecule has 5 aromatic rings. The van der Waals surface area contributed by atoms with Gasteiger partial charge in [0.15, 0.2) is 0 Å². The average molecular weight is 429 g/mol. The van der Waals surface area contributed by atoms with Crippen molar-refractivity contribution in [2.75, 3.05) is 5.32 Å². The highest BCUT2D eigenvalue weighted by atomic mass is 19.1. The Hall–Kier alpha value is -4.46. The number of anilines is 1. The summed E-state index contributed by atoms with van der Waals surface area (Å²) in [6, 6.07) is 20.6. The van der Waals surface area contributed by atoms with Crippen molar-refractivity contribution in [2.45, 2.75) is 6.54 Å². The molecule has 0 fully saturated rings. The van der Waals surface area contributed by atoms with E-state index in [4.69, 9.17) is 4.42 Å². The van der Waals surface area contributed by atoms with Gasteiger partial charge in [-0.1, -0.05) is 30.3 Å². The second-order valence-electron chi connectivity index (χ2n) is 7.18. The maximum Gasteiger partial charge on any atom is 0.336 e. The third-order valence-electron chi connectivity index (χ3n) is 5.10. The molecule has 0 aliphatic carbocycles. The Bertz CT molecular complexity index is 1580. The average Bonchev–Trinajstić information content (AvgIpc) is 3.19. The van der Waals surface area contributed by atoms with Crippen molar-refractivity contribution in [3.8, 4) is 5.69 Å². The van der Waals surface area contributed by atoms with E-state index in [-0.39, 0.29) is 17.6 Å². The van der Waals surface area contributed by atoms with Crippen LogP contribution in [0.15, 0.2) is 92.9 Å². The molecule has 0 bridgehead atoms. The zero-order chi connectivity index (χ0) is 22.2. The highest BCUT2D eigenvalue weighted by molar-refractivity contribution is 6.03. The number of furan rings is 1. The number of benzene rings is 3. The maximum atomic E-state index is 13.4. The number of carbonyl (C=O) groups is 1. The van der Waals surface area contributed by atoms with Crippen LogP contribution < -0.4 is 16.6 Å². The molecule has 2 heterocycles. The molecule has 32 heavy (non-hydrogen) atoms. The molecule has 5 rings (SSSR count). The molecule has 2 aromatic heterocycles. The highest BCUT2D eigenvalue weighted by Gasteiger charge is 2.22. The summed E-state index contributed by atoms with van der Waals surface area (Å²) >= 11 is 0. The number of halogens is 1. The number of aromatic nitrogens is 2. The molecule has 3 aromatic carbocycles. The smallest absolute Gasteiger partial charge is 0.336 e. The first-order chi connectivity index (χ1) is 15.5. The van der Waals surface area contributed by atoms with Crippen LogP contribution in [0.3, 0.4) is 0 Å². The van der Waals surface area contributed by atoms with Crippen LogP contribution in [0.25, 0.3) is 27.8 Å². The molecule has 0 radical (unpaired) electrons. The Morgan fingerprint density at radius 1 is 0.906 bits per heavy atom. The molecule has 0 spiro atoms. The molecule has 0 aliphatic rings. The number of para-hydroxylation sites is 2. The van der Waals surface area contributed by atoms with Gasteiger partial charge in [-0.3, -0.25) is 14.2 Å². The predicted octanol–water partition coefficient (Wildman–Crippen LogP) is 3.68. The fourth-order valence-corrected chi connectivity index (χ4v) is 3.68. The lowest BCUT2D eigenvalue weighted by atomic mass is 10.2. The lowest BCUT2D eigenvalue weighted by molar-refractivity contribution is -0.116. The SMILES string of the molecule is O=C(Cn1c(=O)n(-c2ccccc2)c(=O)c2oc3ccccc3c21)Nc1ccc(F)cc1. The van der Waals surface area contributed by atoms with Crippen LogP contribution in [0.1, 0.15) is 0 Å². The zero-order valence-corrected chi connectivity index (χ0v) is 16.6. The number of nitrogens with zero attached hydrogens (tertiary/aromatic N) is 2. The van der Waals surface area contributed by atoms with E-state index in [9.17, 15) is 18.8 Å². The first-order valence-electron chi connectivity index (χ1n) is 9.81. The van der Waals surface area contributed by atoms with Gasteiger partial charge in [-0.25, -0.2) is 13.8 Å². The molecule has 0 saturated heterocycles. The number of carbonyl (C=O) groups excluding carboxylic acids is 1. The minimum Gasteiger partial charge on any atom is -0.449 e. The Kier molecular flexibility index (Phi) is 4.67. The van der Waals surface area contributed by atoms with Crippen LogP contribution in [0.2, 0.25) is 0 Å². The van der Waals surface area contributed by atoms with Crippen LogP contribution in [-0.2, 0) is 11.3 Å². The van der Waals surface area contributed by atoms with Gasteiger partial charge in [-0.15, -0.1) is 0 Å². The summed E-state index contributed by atoms with van der Waals surface area (Å²) < 4.78 is 21.1. The second-order valence-corrected chi connectivity index (χ2v) is 7.18. The third-order valence-corrected chi connectivity index (χ3v) is 5.10. The Balaban J connectivity index is 1.71. The van der Waals surface area contributed by atoms with E-state index in [2.05, 4.69) is 5.32 Å². The summed E-state index contributed by atoms with van der Waals surface area (Å²) in [4.78, 5) is 39.4. The Morgan fingerprint density at radius 2 is 1.59 bits per heavy atom. The normalized spacial score (nSPS) is 11.2. The van der Waals surface area contributed by atoms with Crippen molar-refractivity contribution in [3.05, 3.63) is 106 Å². The minimum atomic E-state index is -0.672. The fourth-order valence-electron chi connectivity index (χ4n) is 3.68. The second kappa shape index (κ2) is 7.66. The van der Waals surface area contributed by atoms with Gasteiger partial charge < -0.3 is 9.73 Å².